The number of rotatable bonds is 5. The molecular weight excluding hydrogens is 429 g/mol. The third kappa shape index (κ3) is 4.75. The highest BCUT2D eigenvalue weighted by molar-refractivity contribution is 5.85. The van der Waals surface area contributed by atoms with Crippen molar-refractivity contribution in [2.75, 3.05) is 18.8 Å². The van der Waals surface area contributed by atoms with Crippen LogP contribution in [-0.4, -0.2) is 30.1 Å². The van der Waals surface area contributed by atoms with Gasteiger partial charge < -0.3 is 10.5 Å². The Balaban J connectivity index is 0.00000160. The maximum Gasteiger partial charge on any atom is 0.131 e. The average Bonchev–Trinajstić information content (AvgIpc) is 2.65. The second kappa shape index (κ2) is 9.82. The zero-order valence-electron chi connectivity index (χ0n) is 17.4. The monoisotopic (exact) mass is 458 g/mol. The van der Waals surface area contributed by atoms with Crippen LogP contribution in [0.25, 0.3) is 0 Å². The van der Waals surface area contributed by atoms with Gasteiger partial charge in [-0.3, -0.25) is 4.90 Å². The zero-order chi connectivity index (χ0) is 19.9. The van der Waals surface area contributed by atoms with Crippen molar-refractivity contribution < 1.29 is 13.5 Å². The predicted molar refractivity (Wildman–Crippen MR) is 122 cm³/mol. The van der Waals surface area contributed by atoms with Crippen molar-refractivity contribution in [1.82, 2.24) is 4.90 Å². The molecule has 0 aromatic heterocycles. The summed E-state index contributed by atoms with van der Waals surface area (Å²) in [6.07, 6.45) is 3.02. The van der Waals surface area contributed by atoms with Crippen LogP contribution in [0.1, 0.15) is 43.4 Å². The van der Waals surface area contributed by atoms with Crippen LogP contribution in [0, 0.1) is 11.6 Å². The maximum absolute atomic E-state index is 13.8. The lowest BCUT2D eigenvalue weighted by Gasteiger charge is -2.50. The third-order valence-electron chi connectivity index (χ3n) is 6.52. The summed E-state index contributed by atoms with van der Waals surface area (Å²) in [4.78, 5) is 2.46. The SMILES string of the molecule is CC(CN1CCC2(C)CC1Cc1c(N)cccc12)OCc1c(F)cccc1F.Cl.Cl. The number of likely N-dealkylation sites (tertiary alicyclic amines) is 1. The molecule has 4 rings (SSSR count). The van der Waals surface area contributed by atoms with Crippen LogP contribution in [0.3, 0.4) is 0 Å². The van der Waals surface area contributed by atoms with Crippen LogP contribution in [-0.2, 0) is 23.2 Å². The number of nitrogens with zero attached hydrogens (tertiary/aromatic N) is 1. The summed E-state index contributed by atoms with van der Waals surface area (Å²) in [7, 11) is 0. The van der Waals surface area contributed by atoms with Gasteiger partial charge in [-0.25, -0.2) is 8.78 Å². The van der Waals surface area contributed by atoms with Crippen LogP contribution >= 0.6 is 24.8 Å². The van der Waals surface area contributed by atoms with Gasteiger partial charge in [-0.15, -0.1) is 24.8 Å². The van der Waals surface area contributed by atoms with Crippen molar-refractivity contribution in [1.29, 1.82) is 0 Å². The fourth-order valence-electron chi connectivity index (χ4n) is 4.92. The number of hydrogen-bond donors (Lipinski definition) is 1. The molecule has 3 atom stereocenters. The molecule has 0 saturated carbocycles. The van der Waals surface area contributed by atoms with Crippen molar-refractivity contribution in [3.05, 3.63) is 64.7 Å². The molecule has 1 aliphatic heterocycles. The van der Waals surface area contributed by atoms with E-state index in [4.69, 9.17) is 10.5 Å². The van der Waals surface area contributed by atoms with Gasteiger partial charge in [0, 0.05) is 23.8 Å². The normalized spacial score (nSPS) is 23.7. The topological polar surface area (TPSA) is 38.5 Å². The summed E-state index contributed by atoms with van der Waals surface area (Å²) in [6.45, 7) is 6.01. The Bertz CT molecular complexity index is 862. The molecule has 0 radical (unpaired) electrons. The smallest absolute Gasteiger partial charge is 0.131 e. The fourth-order valence-corrected chi connectivity index (χ4v) is 4.92. The van der Waals surface area contributed by atoms with E-state index in [9.17, 15) is 8.78 Å². The van der Waals surface area contributed by atoms with Crippen LogP contribution in [0.5, 0.6) is 0 Å². The summed E-state index contributed by atoms with van der Waals surface area (Å²) in [5.74, 6) is -1.11. The highest BCUT2D eigenvalue weighted by Crippen LogP contribution is 2.46. The number of fused-ring (bicyclic) bond motifs is 4. The number of halogens is 4. The highest BCUT2D eigenvalue weighted by atomic mass is 35.5. The molecule has 2 bridgehead atoms. The van der Waals surface area contributed by atoms with Gasteiger partial charge in [-0.2, -0.15) is 0 Å². The van der Waals surface area contributed by atoms with Crippen molar-refractivity contribution in [2.24, 2.45) is 0 Å². The Labute approximate surface area is 189 Å². The Morgan fingerprint density at radius 2 is 1.83 bits per heavy atom. The van der Waals surface area contributed by atoms with Crippen LogP contribution in [0.15, 0.2) is 36.4 Å². The molecule has 2 aliphatic rings. The maximum atomic E-state index is 13.8. The van der Waals surface area contributed by atoms with Crippen molar-refractivity contribution in [2.45, 2.75) is 57.3 Å². The summed E-state index contributed by atoms with van der Waals surface area (Å²) >= 11 is 0. The van der Waals surface area contributed by atoms with Gasteiger partial charge in [0.1, 0.15) is 11.6 Å². The second-order valence-electron chi connectivity index (χ2n) is 8.56. The van der Waals surface area contributed by atoms with E-state index in [0.717, 1.165) is 38.0 Å². The molecule has 1 heterocycles. The van der Waals surface area contributed by atoms with Crippen molar-refractivity contribution >= 4 is 30.5 Å². The lowest BCUT2D eigenvalue weighted by atomic mass is 9.65. The second-order valence-corrected chi connectivity index (χ2v) is 8.56. The molecule has 7 heteroatoms. The van der Waals surface area contributed by atoms with Gasteiger partial charge in [-0.05, 0) is 67.5 Å². The number of piperidine rings is 1. The summed E-state index contributed by atoms with van der Waals surface area (Å²) in [5.41, 5.74) is 10.0. The molecular formula is C23H30Cl2F2N2O. The van der Waals surface area contributed by atoms with Gasteiger partial charge in [-0.1, -0.05) is 25.1 Å². The predicted octanol–water partition coefficient (Wildman–Crippen LogP) is 5.27. The molecule has 1 aliphatic carbocycles. The minimum atomic E-state index is -0.555. The minimum Gasteiger partial charge on any atom is -0.398 e. The highest BCUT2D eigenvalue weighted by Gasteiger charge is 2.43. The van der Waals surface area contributed by atoms with Gasteiger partial charge in [0.05, 0.1) is 12.7 Å². The first kappa shape index (κ1) is 24.9. The molecule has 0 amide bonds. The third-order valence-corrected chi connectivity index (χ3v) is 6.52. The molecule has 3 unspecified atom stereocenters. The molecule has 3 nitrogen and oxygen atoms in total. The Morgan fingerprint density at radius 1 is 1.17 bits per heavy atom. The number of ether oxygens (including phenoxy) is 1. The van der Waals surface area contributed by atoms with E-state index in [-0.39, 0.29) is 48.5 Å². The minimum absolute atomic E-state index is 0. The molecule has 1 saturated heterocycles. The lowest BCUT2D eigenvalue weighted by Crippen LogP contribution is -2.53. The van der Waals surface area contributed by atoms with E-state index in [1.54, 1.807) is 0 Å². The van der Waals surface area contributed by atoms with E-state index in [2.05, 4.69) is 24.0 Å². The standard InChI is InChI=1S/C23H28F2N2O.2ClH/c1-15(28-14-18-20(24)6-4-7-21(18)25)13-27-10-9-23(2)12-16(27)11-17-19(23)5-3-8-22(17)26;;/h3-8,15-16H,9-14,26H2,1-2H3;2*1H. The van der Waals surface area contributed by atoms with Gasteiger partial charge >= 0.3 is 0 Å². The molecule has 166 valence electrons. The number of nitrogen functional groups attached to an aromatic ring is 1. The van der Waals surface area contributed by atoms with Crippen molar-refractivity contribution in [3.8, 4) is 0 Å². The first-order chi connectivity index (χ1) is 13.4. The Hall–Kier alpha value is -1.40. The van der Waals surface area contributed by atoms with Gasteiger partial charge in [0.2, 0.25) is 0 Å². The van der Waals surface area contributed by atoms with E-state index in [1.165, 1.54) is 29.3 Å². The number of nitrogens with two attached hydrogens (primary N) is 1. The Morgan fingerprint density at radius 3 is 2.53 bits per heavy atom. The van der Waals surface area contributed by atoms with Gasteiger partial charge in [0.15, 0.2) is 0 Å². The molecule has 0 spiro atoms. The zero-order valence-corrected chi connectivity index (χ0v) is 19.0. The lowest BCUT2D eigenvalue weighted by molar-refractivity contribution is -0.00514. The number of anilines is 1. The molecule has 2 aromatic rings. The summed E-state index contributed by atoms with van der Waals surface area (Å²) < 4.78 is 33.4. The van der Waals surface area contributed by atoms with Crippen LogP contribution in [0.2, 0.25) is 0 Å². The summed E-state index contributed by atoms with van der Waals surface area (Å²) in [6, 6.07) is 10.6. The molecule has 1 fully saturated rings. The van der Waals surface area contributed by atoms with E-state index >= 15 is 0 Å². The largest absolute Gasteiger partial charge is 0.398 e. The molecule has 30 heavy (non-hydrogen) atoms. The van der Waals surface area contributed by atoms with E-state index in [0.29, 0.717) is 6.04 Å². The van der Waals surface area contributed by atoms with E-state index in [1.807, 2.05) is 13.0 Å². The van der Waals surface area contributed by atoms with E-state index < -0.39 is 11.6 Å². The fraction of sp³-hybridized carbons (Fsp3) is 0.478. The first-order valence-electron chi connectivity index (χ1n) is 10.0. The summed E-state index contributed by atoms with van der Waals surface area (Å²) in [5, 5.41) is 0. The van der Waals surface area contributed by atoms with Crippen LogP contribution in [0.4, 0.5) is 14.5 Å². The number of hydrogen-bond acceptors (Lipinski definition) is 3. The first-order valence-corrected chi connectivity index (χ1v) is 10.0. The Kier molecular flexibility index (Phi) is 8.14. The molecule has 2 aromatic carbocycles. The van der Waals surface area contributed by atoms with Gasteiger partial charge in [0.25, 0.3) is 0 Å². The quantitative estimate of drug-likeness (QED) is 0.619. The van der Waals surface area contributed by atoms with Crippen molar-refractivity contribution in [3.63, 3.8) is 0 Å². The van der Waals surface area contributed by atoms with Crippen LogP contribution < -0.4 is 5.73 Å². The average molecular weight is 459 g/mol. The number of benzene rings is 2. The molecule has 2 N–H and O–H groups in total.